The van der Waals surface area contributed by atoms with Crippen molar-refractivity contribution in [3.63, 3.8) is 0 Å². The monoisotopic (exact) mass is 367 g/mol. The van der Waals surface area contributed by atoms with Crippen LogP contribution in [0.2, 0.25) is 5.02 Å². The number of aromatic nitrogens is 4. The summed E-state index contributed by atoms with van der Waals surface area (Å²) in [6, 6.07) is 8.23. The minimum absolute atomic E-state index is 0.172. The Kier molecular flexibility index (Phi) is 3.72. The Labute approximate surface area is 132 Å². The zero-order valence-electron chi connectivity index (χ0n) is 10.3. The average Bonchev–Trinajstić information content (AvgIpc) is 3.12. The molecule has 3 rings (SSSR count). The predicted molar refractivity (Wildman–Crippen MR) is 78.5 cm³/mol. The number of hydrogen-bond acceptors (Lipinski definition) is 5. The van der Waals surface area contributed by atoms with Crippen LogP contribution in [-0.4, -0.2) is 26.1 Å². The molecule has 0 spiro atoms. The van der Waals surface area contributed by atoms with Gasteiger partial charge in [0.05, 0.1) is 16.4 Å². The van der Waals surface area contributed by atoms with Gasteiger partial charge in [-0.1, -0.05) is 11.6 Å². The zero-order chi connectivity index (χ0) is 14.8. The lowest BCUT2D eigenvalue weighted by Crippen LogP contribution is -2.11. The molecule has 1 N–H and O–H groups in total. The third kappa shape index (κ3) is 2.96. The van der Waals surface area contributed by atoms with E-state index in [0.29, 0.717) is 21.1 Å². The van der Waals surface area contributed by atoms with Gasteiger partial charge in [-0.2, -0.15) is 0 Å². The lowest BCUT2D eigenvalue weighted by molar-refractivity contribution is 0.0995. The molecule has 0 bridgehead atoms. The van der Waals surface area contributed by atoms with E-state index in [1.165, 1.54) is 11.0 Å². The lowest BCUT2D eigenvalue weighted by atomic mass is 10.2. The predicted octanol–water partition coefficient (Wildman–Crippen LogP) is 2.92. The first-order valence-corrected chi connectivity index (χ1v) is 6.90. The molecule has 0 fully saturated rings. The molecule has 21 heavy (non-hydrogen) atoms. The number of anilines is 1. The molecule has 9 heteroatoms. The van der Waals surface area contributed by atoms with Crippen molar-refractivity contribution >= 4 is 39.1 Å². The summed E-state index contributed by atoms with van der Waals surface area (Å²) < 4.78 is 7.11. The number of amides is 1. The maximum absolute atomic E-state index is 12.0. The minimum Gasteiger partial charge on any atom is -0.444 e. The van der Waals surface area contributed by atoms with E-state index in [1.807, 2.05) is 0 Å². The maximum Gasteiger partial charge on any atom is 0.291 e. The van der Waals surface area contributed by atoms with E-state index in [1.54, 1.807) is 30.3 Å². The van der Waals surface area contributed by atoms with Crippen molar-refractivity contribution in [2.24, 2.45) is 0 Å². The number of nitrogens with one attached hydrogen (secondary N) is 1. The first kappa shape index (κ1) is 13.8. The van der Waals surface area contributed by atoms with Crippen LogP contribution in [0.5, 0.6) is 0 Å². The lowest BCUT2D eigenvalue weighted by Gasteiger charge is -2.08. The summed E-state index contributed by atoms with van der Waals surface area (Å²) >= 11 is 9.22. The summed E-state index contributed by atoms with van der Waals surface area (Å²) in [5, 5.41) is 13.9. The van der Waals surface area contributed by atoms with E-state index >= 15 is 0 Å². The van der Waals surface area contributed by atoms with Crippen molar-refractivity contribution in [2.75, 3.05) is 5.32 Å². The average molecular weight is 369 g/mol. The van der Waals surface area contributed by atoms with E-state index < -0.39 is 5.91 Å². The number of carbonyl (C=O) groups is 1. The number of carbonyl (C=O) groups excluding carboxylic acids is 1. The fourth-order valence-electron chi connectivity index (χ4n) is 1.65. The third-order valence-electron chi connectivity index (χ3n) is 2.61. The van der Waals surface area contributed by atoms with Crippen LogP contribution in [0.25, 0.3) is 5.69 Å². The number of tetrazole rings is 1. The standard InChI is InChI=1S/C12H7BrClN5O2/c13-11-4-3-10(21-11)12(20)16-9-5-7(1-2-8(9)14)19-6-15-17-18-19/h1-6H,(H,16,20). The van der Waals surface area contributed by atoms with Crippen LogP contribution in [0, 0.1) is 0 Å². The summed E-state index contributed by atoms with van der Waals surface area (Å²) in [6.07, 6.45) is 1.44. The molecule has 0 saturated heterocycles. The summed E-state index contributed by atoms with van der Waals surface area (Å²) in [6.45, 7) is 0. The van der Waals surface area contributed by atoms with Crippen LogP contribution in [0.15, 0.2) is 45.7 Å². The van der Waals surface area contributed by atoms with Gasteiger partial charge in [-0.25, -0.2) is 4.68 Å². The zero-order valence-corrected chi connectivity index (χ0v) is 12.7. The molecule has 0 radical (unpaired) electrons. The molecular weight excluding hydrogens is 362 g/mol. The second-order valence-electron chi connectivity index (χ2n) is 3.98. The van der Waals surface area contributed by atoms with Gasteiger partial charge in [0.25, 0.3) is 5.91 Å². The first-order valence-electron chi connectivity index (χ1n) is 5.73. The Balaban J connectivity index is 1.88. The molecule has 0 aliphatic heterocycles. The quantitative estimate of drug-likeness (QED) is 0.768. The molecule has 2 heterocycles. The molecule has 0 atom stereocenters. The van der Waals surface area contributed by atoms with Crippen molar-refractivity contribution in [3.8, 4) is 5.69 Å². The normalized spacial score (nSPS) is 10.6. The molecule has 0 aliphatic carbocycles. The van der Waals surface area contributed by atoms with Gasteiger partial charge in [0, 0.05) is 0 Å². The second-order valence-corrected chi connectivity index (χ2v) is 5.17. The van der Waals surface area contributed by atoms with Gasteiger partial charge in [-0.15, -0.1) is 5.10 Å². The Bertz CT molecular complexity index is 787. The van der Waals surface area contributed by atoms with Crippen LogP contribution in [0.3, 0.4) is 0 Å². The van der Waals surface area contributed by atoms with Crippen LogP contribution < -0.4 is 5.32 Å². The number of benzene rings is 1. The highest BCUT2D eigenvalue weighted by atomic mass is 79.9. The van der Waals surface area contributed by atoms with E-state index in [9.17, 15) is 4.79 Å². The van der Waals surface area contributed by atoms with Crippen LogP contribution in [-0.2, 0) is 0 Å². The fourth-order valence-corrected chi connectivity index (χ4v) is 2.12. The highest BCUT2D eigenvalue weighted by molar-refractivity contribution is 9.10. The van der Waals surface area contributed by atoms with Gasteiger partial charge in [-0.3, -0.25) is 4.79 Å². The number of nitrogens with zero attached hydrogens (tertiary/aromatic N) is 4. The van der Waals surface area contributed by atoms with E-state index in [-0.39, 0.29) is 5.76 Å². The fraction of sp³-hybridized carbons (Fsp3) is 0. The Morgan fingerprint density at radius 1 is 1.33 bits per heavy atom. The maximum atomic E-state index is 12.0. The molecule has 2 aromatic heterocycles. The molecule has 0 saturated carbocycles. The number of halogens is 2. The molecule has 7 nitrogen and oxygen atoms in total. The first-order chi connectivity index (χ1) is 10.1. The molecular formula is C12H7BrClN5O2. The van der Waals surface area contributed by atoms with Crippen LogP contribution >= 0.6 is 27.5 Å². The van der Waals surface area contributed by atoms with Crippen molar-refractivity contribution in [1.82, 2.24) is 20.2 Å². The van der Waals surface area contributed by atoms with E-state index in [0.717, 1.165) is 0 Å². The summed E-state index contributed by atoms with van der Waals surface area (Å²) in [5.74, 6) is -0.234. The summed E-state index contributed by atoms with van der Waals surface area (Å²) in [5.41, 5.74) is 1.10. The Hall–Kier alpha value is -2.19. The molecule has 0 unspecified atom stereocenters. The number of rotatable bonds is 3. The van der Waals surface area contributed by atoms with E-state index in [4.69, 9.17) is 16.0 Å². The SMILES string of the molecule is O=C(Nc1cc(-n2cnnn2)ccc1Cl)c1ccc(Br)o1. The smallest absolute Gasteiger partial charge is 0.291 e. The number of hydrogen-bond donors (Lipinski definition) is 1. The second kappa shape index (κ2) is 5.66. The topological polar surface area (TPSA) is 85.8 Å². The molecule has 106 valence electrons. The summed E-state index contributed by atoms with van der Waals surface area (Å²) in [4.78, 5) is 12.0. The molecule has 0 aliphatic rings. The van der Waals surface area contributed by atoms with Crippen molar-refractivity contribution in [2.45, 2.75) is 0 Å². The largest absolute Gasteiger partial charge is 0.444 e. The highest BCUT2D eigenvalue weighted by Gasteiger charge is 2.13. The molecule has 1 aromatic carbocycles. The third-order valence-corrected chi connectivity index (χ3v) is 3.36. The highest BCUT2D eigenvalue weighted by Crippen LogP contribution is 2.25. The van der Waals surface area contributed by atoms with Gasteiger partial charge in [-0.05, 0) is 56.7 Å². The van der Waals surface area contributed by atoms with Crippen LogP contribution in [0.4, 0.5) is 5.69 Å². The summed E-state index contributed by atoms with van der Waals surface area (Å²) in [7, 11) is 0. The van der Waals surface area contributed by atoms with Crippen molar-refractivity contribution in [1.29, 1.82) is 0 Å². The van der Waals surface area contributed by atoms with Gasteiger partial charge in [0.1, 0.15) is 6.33 Å². The van der Waals surface area contributed by atoms with Gasteiger partial charge in [0.15, 0.2) is 10.4 Å². The van der Waals surface area contributed by atoms with Crippen molar-refractivity contribution < 1.29 is 9.21 Å². The van der Waals surface area contributed by atoms with E-state index in [2.05, 4.69) is 36.8 Å². The van der Waals surface area contributed by atoms with Crippen molar-refractivity contribution in [3.05, 3.63) is 52.1 Å². The number of furan rings is 1. The Morgan fingerprint density at radius 2 is 2.19 bits per heavy atom. The van der Waals surface area contributed by atoms with Gasteiger partial charge < -0.3 is 9.73 Å². The van der Waals surface area contributed by atoms with Gasteiger partial charge >= 0.3 is 0 Å². The molecule has 3 aromatic rings. The minimum atomic E-state index is -0.406. The van der Waals surface area contributed by atoms with Gasteiger partial charge in [0.2, 0.25) is 0 Å². The molecule has 1 amide bonds. The van der Waals surface area contributed by atoms with Crippen LogP contribution in [0.1, 0.15) is 10.6 Å². The Morgan fingerprint density at radius 3 is 2.86 bits per heavy atom.